The zero-order chi connectivity index (χ0) is 21.3. The van der Waals surface area contributed by atoms with Gasteiger partial charge in [0, 0.05) is 16.5 Å². The molecule has 4 rings (SSSR count). The molecule has 3 N–H and O–H groups in total. The highest BCUT2D eigenvalue weighted by atomic mass is 19.1. The maximum absolute atomic E-state index is 14.7. The van der Waals surface area contributed by atoms with Crippen LogP contribution in [0.2, 0.25) is 0 Å². The number of amides is 1. The van der Waals surface area contributed by atoms with E-state index in [1.54, 1.807) is 6.07 Å². The summed E-state index contributed by atoms with van der Waals surface area (Å²) in [5.41, 5.74) is 1.91. The smallest absolute Gasteiger partial charge is 0.251 e. The quantitative estimate of drug-likeness (QED) is 0.437. The van der Waals surface area contributed by atoms with E-state index in [2.05, 4.69) is 15.5 Å². The third-order valence-electron chi connectivity index (χ3n) is 5.22. The Bertz CT molecular complexity index is 1220. The normalized spacial score (nSPS) is 12.6. The minimum atomic E-state index is -0.564. The van der Waals surface area contributed by atoms with Crippen LogP contribution in [0.3, 0.4) is 0 Å². The third-order valence-corrected chi connectivity index (χ3v) is 5.22. The van der Waals surface area contributed by atoms with Crippen molar-refractivity contribution >= 4 is 27.6 Å². The van der Waals surface area contributed by atoms with Gasteiger partial charge in [-0.2, -0.15) is 5.10 Å². The van der Waals surface area contributed by atoms with Crippen LogP contribution < -0.4 is 5.32 Å². The average Bonchev–Trinajstić information content (AvgIpc) is 3.17. The first kappa shape index (κ1) is 20.0. The van der Waals surface area contributed by atoms with E-state index in [0.717, 1.165) is 16.3 Å². The summed E-state index contributed by atoms with van der Waals surface area (Å²) in [5.74, 6) is -0.665. The fourth-order valence-electron chi connectivity index (χ4n) is 3.79. The molecular weight excluding hydrogens is 381 g/mol. The Kier molecular flexibility index (Phi) is 5.50. The highest BCUT2D eigenvalue weighted by Gasteiger charge is 2.19. The number of aliphatic hydroxyl groups is 1. The fraction of sp³-hybridized carbons (Fsp3) is 0.250. The molecule has 0 saturated carbocycles. The van der Waals surface area contributed by atoms with Gasteiger partial charge in [-0.3, -0.25) is 9.89 Å². The molecule has 0 fully saturated rings. The summed E-state index contributed by atoms with van der Waals surface area (Å²) in [6.45, 7) is 3.87. The number of nitrogens with zero attached hydrogens (tertiary/aromatic N) is 1. The number of fused-ring (bicyclic) bond motifs is 2. The van der Waals surface area contributed by atoms with Crippen LogP contribution in [0.1, 0.15) is 30.6 Å². The third kappa shape index (κ3) is 3.91. The maximum Gasteiger partial charge on any atom is 0.251 e. The Balaban J connectivity index is 1.73. The maximum atomic E-state index is 14.7. The van der Waals surface area contributed by atoms with Gasteiger partial charge in [-0.1, -0.05) is 50.2 Å². The number of aromatic amines is 1. The second-order valence-electron chi connectivity index (χ2n) is 8.00. The number of carbonyl (C=O) groups is 1. The second-order valence-corrected chi connectivity index (χ2v) is 8.00. The molecule has 4 aromatic rings. The minimum Gasteiger partial charge on any atom is -0.394 e. The molecule has 0 aliphatic heterocycles. The van der Waals surface area contributed by atoms with Crippen LogP contribution in [-0.2, 0) is 0 Å². The topological polar surface area (TPSA) is 78.0 Å². The summed E-state index contributed by atoms with van der Waals surface area (Å²) in [4.78, 5) is 12.7. The molecule has 1 heterocycles. The molecule has 1 aromatic heterocycles. The summed E-state index contributed by atoms with van der Waals surface area (Å²) in [5, 5.41) is 22.1. The molecule has 5 nitrogen and oxygen atoms in total. The number of nitrogens with one attached hydrogen (secondary N) is 2. The van der Waals surface area contributed by atoms with Gasteiger partial charge in [-0.25, -0.2) is 4.39 Å². The number of rotatable bonds is 6. The summed E-state index contributed by atoms with van der Waals surface area (Å²) in [6, 6.07) is 16.4. The number of aromatic nitrogens is 2. The Morgan fingerprint density at radius 2 is 1.90 bits per heavy atom. The Labute approximate surface area is 173 Å². The van der Waals surface area contributed by atoms with Crippen molar-refractivity contribution in [2.45, 2.75) is 26.3 Å². The molecule has 154 valence electrons. The van der Waals surface area contributed by atoms with Gasteiger partial charge in [-0.05, 0) is 41.3 Å². The van der Waals surface area contributed by atoms with E-state index in [0.29, 0.717) is 23.4 Å². The molecule has 0 aliphatic carbocycles. The first-order valence-corrected chi connectivity index (χ1v) is 10.0. The Morgan fingerprint density at radius 3 is 2.63 bits per heavy atom. The van der Waals surface area contributed by atoms with Gasteiger partial charge >= 0.3 is 0 Å². The van der Waals surface area contributed by atoms with E-state index in [-0.39, 0.29) is 23.7 Å². The van der Waals surface area contributed by atoms with Gasteiger partial charge < -0.3 is 10.4 Å². The molecular formula is C24H24FN3O2. The van der Waals surface area contributed by atoms with Crippen LogP contribution in [0.25, 0.3) is 32.9 Å². The molecule has 1 amide bonds. The predicted molar refractivity (Wildman–Crippen MR) is 117 cm³/mol. The van der Waals surface area contributed by atoms with E-state index < -0.39 is 11.7 Å². The largest absolute Gasteiger partial charge is 0.394 e. The molecule has 0 saturated heterocycles. The molecule has 3 aromatic carbocycles. The van der Waals surface area contributed by atoms with Gasteiger partial charge in [0.15, 0.2) is 5.82 Å². The number of H-pyrrole nitrogens is 1. The van der Waals surface area contributed by atoms with Crippen LogP contribution in [0.5, 0.6) is 0 Å². The van der Waals surface area contributed by atoms with Gasteiger partial charge in [0.25, 0.3) is 5.91 Å². The van der Waals surface area contributed by atoms with Crippen molar-refractivity contribution in [3.05, 3.63) is 66.0 Å². The van der Waals surface area contributed by atoms with Crippen LogP contribution in [-0.4, -0.2) is 33.9 Å². The standard InChI is InChI=1S/C24H24FN3O2/c1-14(2)9-19(13-29)26-24(30)18-11-20-22(27-28-23(20)21(25)12-18)17-8-7-15-5-3-4-6-16(15)10-17/h3-8,10-12,14,19,29H,9,13H2,1-2H3,(H,26,30)(H,27,28). The summed E-state index contributed by atoms with van der Waals surface area (Å²) < 4.78 is 14.7. The molecule has 30 heavy (non-hydrogen) atoms. The van der Waals surface area contributed by atoms with Crippen LogP contribution >= 0.6 is 0 Å². The molecule has 0 radical (unpaired) electrons. The lowest BCUT2D eigenvalue weighted by Crippen LogP contribution is -2.38. The summed E-state index contributed by atoms with van der Waals surface area (Å²) in [6.07, 6.45) is 0.640. The van der Waals surface area contributed by atoms with Crippen LogP contribution in [0, 0.1) is 11.7 Å². The molecule has 6 heteroatoms. The van der Waals surface area contributed by atoms with Crippen molar-refractivity contribution in [3.63, 3.8) is 0 Å². The van der Waals surface area contributed by atoms with E-state index in [1.165, 1.54) is 6.07 Å². The lowest BCUT2D eigenvalue weighted by molar-refractivity contribution is 0.0908. The Hall–Kier alpha value is -3.25. The van der Waals surface area contributed by atoms with Crippen molar-refractivity contribution in [1.82, 2.24) is 15.5 Å². The summed E-state index contributed by atoms with van der Waals surface area (Å²) >= 11 is 0. The number of aliphatic hydroxyl groups excluding tert-OH is 1. The lowest BCUT2D eigenvalue weighted by atomic mass is 10.0. The molecule has 0 spiro atoms. The molecule has 1 atom stereocenters. The number of halogens is 1. The van der Waals surface area contributed by atoms with E-state index in [9.17, 15) is 14.3 Å². The minimum absolute atomic E-state index is 0.164. The highest BCUT2D eigenvalue weighted by Crippen LogP contribution is 2.31. The fourth-order valence-corrected chi connectivity index (χ4v) is 3.79. The predicted octanol–water partition coefficient (Wildman–Crippen LogP) is 4.66. The van der Waals surface area contributed by atoms with Crippen molar-refractivity contribution in [1.29, 1.82) is 0 Å². The SMILES string of the molecule is CC(C)CC(CO)NC(=O)c1cc(F)c2n[nH]c(-c3ccc4ccccc4c3)c2c1. The number of benzene rings is 3. The van der Waals surface area contributed by atoms with Gasteiger partial charge in [0.1, 0.15) is 5.52 Å². The lowest BCUT2D eigenvalue weighted by Gasteiger charge is -2.18. The zero-order valence-corrected chi connectivity index (χ0v) is 16.9. The average molecular weight is 405 g/mol. The van der Waals surface area contributed by atoms with Gasteiger partial charge in [0.05, 0.1) is 18.3 Å². The number of hydrogen-bond acceptors (Lipinski definition) is 3. The van der Waals surface area contributed by atoms with E-state index in [1.807, 2.05) is 56.3 Å². The van der Waals surface area contributed by atoms with Crippen molar-refractivity contribution in [3.8, 4) is 11.3 Å². The van der Waals surface area contributed by atoms with E-state index in [4.69, 9.17) is 0 Å². The Morgan fingerprint density at radius 1 is 1.13 bits per heavy atom. The number of hydrogen-bond donors (Lipinski definition) is 3. The van der Waals surface area contributed by atoms with Crippen molar-refractivity contribution in [2.24, 2.45) is 5.92 Å². The molecule has 1 unspecified atom stereocenters. The number of carbonyl (C=O) groups excluding carboxylic acids is 1. The van der Waals surface area contributed by atoms with Gasteiger partial charge in [-0.15, -0.1) is 0 Å². The molecule has 0 aliphatic rings. The monoisotopic (exact) mass is 405 g/mol. The summed E-state index contributed by atoms with van der Waals surface area (Å²) in [7, 11) is 0. The van der Waals surface area contributed by atoms with E-state index >= 15 is 0 Å². The zero-order valence-electron chi connectivity index (χ0n) is 16.9. The van der Waals surface area contributed by atoms with Crippen LogP contribution in [0.15, 0.2) is 54.6 Å². The second kappa shape index (κ2) is 8.24. The van der Waals surface area contributed by atoms with Gasteiger partial charge in [0.2, 0.25) is 0 Å². The van der Waals surface area contributed by atoms with Crippen molar-refractivity contribution in [2.75, 3.05) is 6.61 Å². The molecule has 0 bridgehead atoms. The first-order valence-electron chi connectivity index (χ1n) is 10.0. The first-order chi connectivity index (χ1) is 14.5. The van der Waals surface area contributed by atoms with Crippen LogP contribution in [0.4, 0.5) is 4.39 Å². The van der Waals surface area contributed by atoms with Crippen molar-refractivity contribution < 1.29 is 14.3 Å². The highest BCUT2D eigenvalue weighted by molar-refractivity contribution is 6.02.